The van der Waals surface area contributed by atoms with Crippen LogP contribution in [-0.2, 0) is 4.79 Å². The lowest BCUT2D eigenvalue weighted by atomic mass is 9.40. The highest BCUT2D eigenvalue weighted by atomic mass is 16.3. The fourth-order valence-corrected chi connectivity index (χ4v) is 9.56. The first-order valence-electron chi connectivity index (χ1n) is 13.7. The van der Waals surface area contributed by atoms with Crippen molar-refractivity contribution in [2.24, 2.45) is 52.3 Å². The van der Waals surface area contributed by atoms with Crippen molar-refractivity contribution >= 4 is 5.78 Å². The van der Waals surface area contributed by atoms with E-state index in [9.17, 15) is 25.2 Å². The van der Waals surface area contributed by atoms with Gasteiger partial charge < -0.3 is 20.4 Å². The van der Waals surface area contributed by atoms with Crippen LogP contribution in [0.3, 0.4) is 0 Å². The maximum absolute atomic E-state index is 13.8. The van der Waals surface area contributed by atoms with Gasteiger partial charge in [0.15, 0.2) is 5.78 Å². The predicted molar refractivity (Wildman–Crippen MR) is 133 cm³/mol. The molecule has 0 unspecified atom stereocenters. The van der Waals surface area contributed by atoms with Gasteiger partial charge in [-0.05, 0) is 78.9 Å². The van der Waals surface area contributed by atoms with E-state index in [1.807, 2.05) is 13.8 Å². The summed E-state index contributed by atoms with van der Waals surface area (Å²) in [6.45, 7) is 17.0. The molecule has 12 atom stereocenters. The summed E-state index contributed by atoms with van der Waals surface area (Å²) >= 11 is 0. The summed E-state index contributed by atoms with van der Waals surface area (Å²) in [5, 5.41) is 45.2. The van der Waals surface area contributed by atoms with Crippen molar-refractivity contribution in [3.05, 3.63) is 12.2 Å². The van der Waals surface area contributed by atoms with Crippen LogP contribution in [0.15, 0.2) is 12.2 Å². The van der Waals surface area contributed by atoms with Gasteiger partial charge in [-0.25, -0.2) is 0 Å². The largest absolute Gasteiger partial charge is 0.393 e. The number of aliphatic hydroxyl groups is 4. The lowest BCUT2D eigenvalue weighted by Crippen LogP contribution is -2.73. The van der Waals surface area contributed by atoms with E-state index < -0.39 is 35.2 Å². The monoisotopic (exact) mass is 476 g/mol. The summed E-state index contributed by atoms with van der Waals surface area (Å²) in [7, 11) is 0. The number of rotatable bonds is 5. The first kappa shape index (κ1) is 26.3. The fraction of sp³-hybridized carbons (Fsp3) is 0.897. The molecular formula is C29H48O5. The van der Waals surface area contributed by atoms with Gasteiger partial charge in [0.1, 0.15) is 5.60 Å². The molecule has 0 saturated heterocycles. The normalized spacial score (nSPS) is 51.6. The van der Waals surface area contributed by atoms with Crippen LogP contribution in [0.5, 0.6) is 0 Å². The highest BCUT2D eigenvalue weighted by molar-refractivity contribution is 5.90. The number of Topliss-reactive ketones (excluding diaryl/α,β-unsaturated/α-hetero) is 1. The molecule has 5 heteroatoms. The van der Waals surface area contributed by atoms with Crippen LogP contribution in [0.25, 0.3) is 0 Å². The molecule has 0 aromatic carbocycles. The summed E-state index contributed by atoms with van der Waals surface area (Å²) in [5.41, 5.74) is -1.21. The second-order valence-corrected chi connectivity index (χ2v) is 13.5. The summed E-state index contributed by atoms with van der Waals surface area (Å²) in [6.07, 6.45) is 2.29. The van der Waals surface area contributed by atoms with Crippen molar-refractivity contribution < 1.29 is 25.2 Å². The summed E-state index contributed by atoms with van der Waals surface area (Å²) in [6, 6.07) is 0. The zero-order chi connectivity index (χ0) is 25.4. The first-order chi connectivity index (χ1) is 15.7. The van der Waals surface area contributed by atoms with Crippen molar-refractivity contribution in [1.29, 1.82) is 0 Å². The highest BCUT2D eigenvalue weighted by Gasteiger charge is 2.73. The van der Waals surface area contributed by atoms with Crippen molar-refractivity contribution in [1.82, 2.24) is 0 Å². The molecule has 194 valence electrons. The molecule has 0 spiro atoms. The second-order valence-electron chi connectivity index (χ2n) is 13.5. The fourth-order valence-electron chi connectivity index (χ4n) is 9.56. The Hall–Kier alpha value is -0.750. The molecule has 4 N–H and O–H groups in total. The lowest BCUT2D eigenvalue weighted by molar-refractivity contribution is -0.261. The number of hydrogen-bond acceptors (Lipinski definition) is 5. The van der Waals surface area contributed by atoms with Crippen molar-refractivity contribution in [3.63, 3.8) is 0 Å². The molecule has 0 aromatic heterocycles. The van der Waals surface area contributed by atoms with Gasteiger partial charge in [0.2, 0.25) is 0 Å². The molecule has 0 aromatic rings. The molecule has 0 aliphatic heterocycles. The SMILES string of the molecule is C=C(CC[C@@H](C)[C@H]1CC[C@@H]2[C@]1(C)C[C@H](O)[C@@H]1[C@@]3(C)C[C@H](O)[C@H](O)[C@@H](C)[C@@H]3CC(=O)[C@@]21O)C(C)C. The van der Waals surface area contributed by atoms with Crippen LogP contribution >= 0.6 is 0 Å². The number of fused-ring (bicyclic) bond motifs is 5. The van der Waals surface area contributed by atoms with Gasteiger partial charge in [-0.3, -0.25) is 4.79 Å². The Bertz CT molecular complexity index is 823. The average molecular weight is 477 g/mol. The zero-order valence-electron chi connectivity index (χ0n) is 22.1. The zero-order valence-corrected chi connectivity index (χ0v) is 22.1. The van der Waals surface area contributed by atoms with E-state index in [-0.39, 0.29) is 35.4 Å². The maximum Gasteiger partial charge on any atom is 0.165 e. The smallest absolute Gasteiger partial charge is 0.165 e. The van der Waals surface area contributed by atoms with Crippen LogP contribution in [-0.4, -0.2) is 50.1 Å². The molecule has 34 heavy (non-hydrogen) atoms. The second kappa shape index (κ2) is 8.68. The van der Waals surface area contributed by atoms with E-state index in [0.29, 0.717) is 30.6 Å². The number of ketones is 1. The summed E-state index contributed by atoms with van der Waals surface area (Å²) < 4.78 is 0. The minimum Gasteiger partial charge on any atom is -0.393 e. The summed E-state index contributed by atoms with van der Waals surface area (Å²) in [5.74, 6) is -0.125. The van der Waals surface area contributed by atoms with Crippen LogP contribution in [0.4, 0.5) is 0 Å². The Kier molecular flexibility index (Phi) is 6.72. The lowest BCUT2D eigenvalue weighted by Gasteiger charge is -2.66. The Morgan fingerprint density at radius 1 is 1.06 bits per heavy atom. The Balaban J connectivity index is 1.66. The Labute approximate surface area is 206 Å². The van der Waals surface area contributed by atoms with E-state index in [4.69, 9.17) is 0 Å². The molecule has 0 heterocycles. The number of carbonyl (C=O) groups excluding carboxylic acids is 1. The minimum atomic E-state index is -1.57. The number of aliphatic hydroxyl groups excluding tert-OH is 3. The molecule has 0 bridgehead atoms. The van der Waals surface area contributed by atoms with Crippen LogP contribution in [0.2, 0.25) is 0 Å². The first-order valence-corrected chi connectivity index (χ1v) is 13.7. The molecule has 0 radical (unpaired) electrons. The maximum atomic E-state index is 13.8. The number of carbonyl (C=O) groups is 1. The van der Waals surface area contributed by atoms with Gasteiger partial charge in [-0.15, -0.1) is 0 Å². The van der Waals surface area contributed by atoms with Gasteiger partial charge in [0, 0.05) is 18.3 Å². The molecule has 0 amide bonds. The van der Waals surface area contributed by atoms with Gasteiger partial charge in [0.05, 0.1) is 18.3 Å². The van der Waals surface area contributed by atoms with E-state index in [1.54, 1.807) is 0 Å². The Morgan fingerprint density at radius 2 is 1.68 bits per heavy atom. The van der Waals surface area contributed by atoms with E-state index >= 15 is 0 Å². The third-order valence-corrected chi connectivity index (χ3v) is 11.5. The molecular weight excluding hydrogens is 428 g/mol. The van der Waals surface area contributed by atoms with Crippen LogP contribution < -0.4 is 0 Å². The molecule has 4 rings (SSSR count). The third-order valence-electron chi connectivity index (χ3n) is 11.5. The van der Waals surface area contributed by atoms with Gasteiger partial charge >= 0.3 is 0 Å². The quantitative estimate of drug-likeness (QED) is 0.448. The molecule has 4 fully saturated rings. The van der Waals surface area contributed by atoms with E-state index in [0.717, 1.165) is 25.7 Å². The Morgan fingerprint density at radius 3 is 2.29 bits per heavy atom. The van der Waals surface area contributed by atoms with Gasteiger partial charge in [0.25, 0.3) is 0 Å². The molecule has 5 nitrogen and oxygen atoms in total. The topological polar surface area (TPSA) is 98.0 Å². The minimum absolute atomic E-state index is 0.152. The van der Waals surface area contributed by atoms with Crippen LogP contribution in [0, 0.1) is 52.3 Å². The van der Waals surface area contributed by atoms with Crippen molar-refractivity contribution in [3.8, 4) is 0 Å². The van der Waals surface area contributed by atoms with Crippen molar-refractivity contribution in [2.75, 3.05) is 0 Å². The van der Waals surface area contributed by atoms with Gasteiger partial charge in [-0.2, -0.15) is 0 Å². The molecule has 4 aliphatic carbocycles. The highest BCUT2D eigenvalue weighted by Crippen LogP contribution is 2.69. The molecule has 4 saturated carbocycles. The standard InChI is InChI=1S/C29H48O5/c1-15(2)16(3)8-9-17(4)19-10-11-23-27(19,6)14-22(31)26-28(7)13-21(30)25(33)18(5)20(28)12-24(32)29(23,26)34/h15,17-23,25-26,30-31,33-34H,3,8-14H2,1-2,4-7H3/t17-,18+,19-,20+,21+,22+,23-,25-,26-,27-,28+,29+/m1/s1. The van der Waals surface area contributed by atoms with E-state index in [1.165, 1.54) is 5.57 Å². The predicted octanol–water partition coefficient (Wildman–Crippen LogP) is 4.12. The summed E-state index contributed by atoms with van der Waals surface area (Å²) in [4.78, 5) is 13.8. The van der Waals surface area contributed by atoms with Crippen molar-refractivity contribution in [2.45, 2.75) is 110 Å². The molecule has 4 aliphatic rings. The third kappa shape index (κ3) is 3.59. The van der Waals surface area contributed by atoms with Gasteiger partial charge in [-0.1, -0.05) is 53.7 Å². The van der Waals surface area contributed by atoms with E-state index in [2.05, 4.69) is 34.3 Å². The number of allylic oxidation sites excluding steroid dienone is 1. The average Bonchev–Trinajstić information content (AvgIpc) is 3.09. The van der Waals surface area contributed by atoms with Crippen LogP contribution in [0.1, 0.15) is 86.5 Å². The number of hydrogen-bond donors (Lipinski definition) is 4.